The van der Waals surface area contributed by atoms with Gasteiger partial charge in [0, 0.05) is 12.4 Å². The molecule has 3 rings (SSSR count). The third-order valence-corrected chi connectivity index (χ3v) is 6.80. The number of benzene rings is 1. The van der Waals surface area contributed by atoms with E-state index >= 15 is 0 Å². The van der Waals surface area contributed by atoms with Crippen molar-refractivity contribution in [3.05, 3.63) is 73.1 Å². The average Bonchev–Trinajstić information content (AvgIpc) is 2.76. The van der Waals surface area contributed by atoms with Gasteiger partial charge >= 0.3 is 0 Å². The molecule has 0 aliphatic carbocycles. The second kappa shape index (κ2) is 10.2. The van der Waals surface area contributed by atoms with E-state index in [1.165, 1.54) is 23.5 Å². The van der Waals surface area contributed by atoms with Gasteiger partial charge in [-0.3, -0.25) is 9.59 Å². The van der Waals surface area contributed by atoms with Crippen LogP contribution in [0.4, 0.5) is 11.4 Å². The molecule has 2 aromatic heterocycles. The van der Waals surface area contributed by atoms with Crippen LogP contribution in [0.15, 0.2) is 83.1 Å². The minimum absolute atomic E-state index is 0.183. The number of anilines is 2. The number of pyridine rings is 2. The predicted molar refractivity (Wildman–Crippen MR) is 132 cm³/mol. The fraction of sp³-hybridized carbons (Fsp3) is 0.250. The van der Waals surface area contributed by atoms with E-state index in [0.717, 1.165) is 10.1 Å². The summed E-state index contributed by atoms with van der Waals surface area (Å²) >= 11 is 2.76. The lowest BCUT2D eigenvalue weighted by Gasteiger charge is -2.25. The maximum absolute atomic E-state index is 13.0. The van der Waals surface area contributed by atoms with Crippen molar-refractivity contribution in [3.63, 3.8) is 0 Å². The number of hydrogen-bond donors (Lipinski definition) is 2. The van der Waals surface area contributed by atoms with Crippen molar-refractivity contribution in [2.75, 3.05) is 10.6 Å². The molecule has 0 aliphatic rings. The van der Waals surface area contributed by atoms with Crippen LogP contribution >= 0.6 is 23.5 Å². The molecule has 0 bridgehead atoms. The van der Waals surface area contributed by atoms with Crippen molar-refractivity contribution >= 4 is 46.7 Å². The number of para-hydroxylation sites is 2. The summed E-state index contributed by atoms with van der Waals surface area (Å²) in [7, 11) is 0. The van der Waals surface area contributed by atoms with Gasteiger partial charge in [0.25, 0.3) is 0 Å². The van der Waals surface area contributed by atoms with E-state index in [0.29, 0.717) is 11.4 Å². The molecule has 0 fully saturated rings. The van der Waals surface area contributed by atoms with Gasteiger partial charge in [0.05, 0.1) is 30.9 Å². The lowest BCUT2D eigenvalue weighted by molar-refractivity contribution is -0.118. The van der Waals surface area contributed by atoms with Crippen LogP contribution in [0.1, 0.15) is 27.7 Å². The third kappa shape index (κ3) is 6.34. The lowest BCUT2D eigenvalue weighted by Crippen LogP contribution is -2.36. The van der Waals surface area contributed by atoms with Gasteiger partial charge in [-0.15, -0.1) is 0 Å². The minimum Gasteiger partial charge on any atom is -0.323 e. The Balaban J connectivity index is 1.71. The zero-order chi connectivity index (χ0) is 23.2. The lowest BCUT2D eigenvalue weighted by atomic mass is 10.1. The molecule has 2 amide bonds. The first-order valence-corrected chi connectivity index (χ1v) is 11.7. The van der Waals surface area contributed by atoms with Gasteiger partial charge in [-0.1, -0.05) is 47.8 Å². The molecule has 3 aromatic rings. The standard InChI is InChI=1S/C24H26N4O2S2/c1-23(2,31-19-13-7-9-15-25-19)21(29)27-17-11-5-6-12-18(17)28-22(30)24(3,4)32-20-14-8-10-16-26-20/h5-16H,1-4H3,(H,27,29)(H,28,30). The molecule has 0 unspecified atom stereocenters. The summed E-state index contributed by atoms with van der Waals surface area (Å²) in [6.45, 7) is 7.37. The Hall–Kier alpha value is -2.84. The number of carbonyl (C=O) groups excluding carboxylic acids is 2. The fourth-order valence-electron chi connectivity index (χ4n) is 2.68. The summed E-state index contributed by atoms with van der Waals surface area (Å²) in [5, 5.41) is 7.44. The van der Waals surface area contributed by atoms with Crippen LogP contribution in [0.25, 0.3) is 0 Å². The first-order valence-electron chi connectivity index (χ1n) is 10.1. The Morgan fingerprint density at radius 1 is 0.656 bits per heavy atom. The van der Waals surface area contributed by atoms with E-state index in [1.807, 2.05) is 76.2 Å². The number of amides is 2. The van der Waals surface area contributed by atoms with Crippen LogP contribution in [0.2, 0.25) is 0 Å². The number of aromatic nitrogens is 2. The third-order valence-electron chi connectivity index (χ3n) is 4.51. The van der Waals surface area contributed by atoms with Crippen LogP contribution in [0.5, 0.6) is 0 Å². The molecule has 2 heterocycles. The Morgan fingerprint density at radius 3 is 1.38 bits per heavy atom. The maximum atomic E-state index is 13.0. The Morgan fingerprint density at radius 2 is 1.03 bits per heavy atom. The van der Waals surface area contributed by atoms with Gasteiger partial charge in [0.1, 0.15) is 0 Å². The molecule has 6 nitrogen and oxygen atoms in total. The summed E-state index contributed by atoms with van der Waals surface area (Å²) in [5.41, 5.74) is 1.08. The number of nitrogens with one attached hydrogen (secondary N) is 2. The summed E-state index contributed by atoms with van der Waals surface area (Å²) in [4.78, 5) is 34.6. The topological polar surface area (TPSA) is 84.0 Å². The quantitative estimate of drug-likeness (QED) is 0.427. The van der Waals surface area contributed by atoms with Gasteiger partial charge in [0.15, 0.2) is 0 Å². The maximum Gasteiger partial charge on any atom is 0.240 e. The number of hydrogen-bond acceptors (Lipinski definition) is 6. The SMILES string of the molecule is CC(C)(Sc1ccccn1)C(=O)Nc1ccccc1NC(=O)C(C)(C)Sc1ccccn1. The van der Waals surface area contributed by atoms with Crippen molar-refractivity contribution < 1.29 is 9.59 Å². The highest BCUT2D eigenvalue weighted by Gasteiger charge is 2.32. The monoisotopic (exact) mass is 466 g/mol. The highest BCUT2D eigenvalue weighted by atomic mass is 32.2. The predicted octanol–water partition coefficient (Wildman–Crippen LogP) is 5.50. The molecule has 0 radical (unpaired) electrons. The highest BCUT2D eigenvalue weighted by Crippen LogP contribution is 2.35. The molecule has 166 valence electrons. The second-order valence-corrected chi connectivity index (χ2v) is 11.3. The van der Waals surface area contributed by atoms with Gasteiger partial charge in [0.2, 0.25) is 11.8 Å². The fourth-order valence-corrected chi connectivity index (χ4v) is 4.53. The first kappa shape index (κ1) is 23.8. The van der Waals surface area contributed by atoms with Crippen LogP contribution < -0.4 is 10.6 Å². The van der Waals surface area contributed by atoms with E-state index in [9.17, 15) is 9.59 Å². The van der Waals surface area contributed by atoms with E-state index in [1.54, 1.807) is 24.5 Å². The zero-order valence-electron chi connectivity index (χ0n) is 18.5. The van der Waals surface area contributed by atoms with E-state index in [-0.39, 0.29) is 11.8 Å². The van der Waals surface area contributed by atoms with Crippen LogP contribution in [0, 0.1) is 0 Å². The van der Waals surface area contributed by atoms with E-state index in [2.05, 4.69) is 20.6 Å². The minimum atomic E-state index is -0.764. The van der Waals surface area contributed by atoms with Crippen molar-refractivity contribution in [3.8, 4) is 0 Å². The molecule has 0 aliphatic heterocycles. The highest BCUT2D eigenvalue weighted by molar-refractivity contribution is 8.01. The molecule has 1 aromatic carbocycles. The van der Waals surface area contributed by atoms with Crippen molar-refractivity contribution in [2.45, 2.75) is 47.2 Å². The Labute approximate surface area is 197 Å². The summed E-state index contributed by atoms with van der Waals surface area (Å²) < 4.78 is -1.53. The Bertz CT molecular complexity index is 987. The Kier molecular flexibility index (Phi) is 7.58. The molecule has 8 heteroatoms. The molecule has 0 atom stereocenters. The van der Waals surface area contributed by atoms with Crippen LogP contribution in [-0.2, 0) is 9.59 Å². The number of nitrogens with zero attached hydrogens (tertiary/aromatic N) is 2. The van der Waals surface area contributed by atoms with E-state index in [4.69, 9.17) is 0 Å². The summed E-state index contributed by atoms with van der Waals surface area (Å²) in [6.07, 6.45) is 3.40. The second-order valence-electron chi connectivity index (χ2n) is 8.01. The van der Waals surface area contributed by atoms with Crippen molar-refractivity contribution in [1.82, 2.24) is 9.97 Å². The smallest absolute Gasteiger partial charge is 0.240 e. The summed E-state index contributed by atoms with van der Waals surface area (Å²) in [5.74, 6) is -0.367. The molecule has 0 spiro atoms. The first-order chi connectivity index (χ1) is 15.2. The largest absolute Gasteiger partial charge is 0.323 e. The van der Waals surface area contributed by atoms with Crippen molar-refractivity contribution in [2.24, 2.45) is 0 Å². The average molecular weight is 467 g/mol. The van der Waals surface area contributed by atoms with Gasteiger partial charge in [-0.05, 0) is 64.1 Å². The number of carbonyl (C=O) groups is 2. The van der Waals surface area contributed by atoms with Gasteiger partial charge < -0.3 is 10.6 Å². The van der Waals surface area contributed by atoms with E-state index < -0.39 is 9.49 Å². The zero-order valence-corrected chi connectivity index (χ0v) is 20.1. The molecular weight excluding hydrogens is 440 g/mol. The van der Waals surface area contributed by atoms with Crippen LogP contribution in [-0.4, -0.2) is 31.3 Å². The van der Waals surface area contributed by atoms with Crippen LogP contribution in [0.3, 0.4) is 0 Å². The normalized spacial score (nSPS) is 11.6. The molecule has 0 saturated heterocycles. The van der Waals surface area contributed by atoms with Gasteiger partial charge in [-0.2, -0.15) is 0 Å². The molecule has 2 N–H and O–H groups in total. The molecular formula is C24H26N4O2S2. The molecule has 32 heavy (non-hydrogen) atoms. The number of thioether (sulfide) groups is 2. The molecule has 0 saturated carbocycles. The van der Waals surface area contributed by atoms with Crippen molar-refractivity contribution in [1.29, 1.82) is 0 Å². The van der Waals surface area contributed by atoms with Gasteiger partial charge in [-0.25, -0.2) is 9.97 Å². The number of rotatable bonds is 8. The summed E-state index contributed by atoms with van der Waals surface area (Å²) in [6, 6.07) is 18.4.